The molecule has 3 rings (SSSR count). The first-order valence-corrected chi connectivity index (χ1v) is 7.26. The van der Waals surface area contributed by atoms with Gasteiger partial charge in [0.2, 0.25) is 0 Å². The highest BCUT2D eigenvalue weighted by Gasteiger charge is 2.30. The molecule has 0 unspecified atom stereocenters. The lowest BCUT2D eigenvalue weighted by molar-refractivity contribution is -0.0395. The average molecular weight is 245 g/mol. The van der Waals surface area contributed by atoms with Crippen molar-refractivity contribution in [2.45, 2.75) is 38.4 Å². The molecule has 98 valence electrons. The van der Waals surface area contributed by atoms with Crippen molar-refractivity contribution in [1.29, 1.82) is 0 Å². The van der Waals surface area contributed by atoms with E-state index in [1.54, 1.807) is 0 Å². The van der Waals surface area contributed by atoms with E-state index >= 15 is 0 Å². The molecule has 2 saturated carbocycles. The van der Waals surface area contributed by atoms with Gasteiger partial charge in [0.15, 0.2) is 0 Å². The summed E-state index contributed by atoms with van der Waals surface area (Å²) in [5, 5.41) is 3.59. The van der Waals surface area contributed by atoms with Gasteiger partial charge in [-0.25, -0.2) is 0 Å². The van der Waals surface area contributed by atoms with E-state index in [1.807, 2.05) is 0 Å². The van der Waals surface area contributed by atoms with Crippen LogP contribution in [0.2, 0.25) is 0 Å². The third kappa shape index (κ3) is 3.56. The smallest absolute Gasteiger partial charge is 0.0720 e. The number of benzene rings is 1. The van der Waals surface area contributed by atoms with Crippen LogP contribution < -0.4 is 5.32 Å². The molecule has 2 heteroatoms. The van der Waals surface area contributed by atoms with E-state index in [4.69, 9.17) is 4.74 Å². The van der Waals surface area contributed by atoms with Crippen molar-refractivity contribution in [2.75, 3.05) is 13.1 Å². The Balaban J connectivity index is 1.26. The lowest BCUT2D eigenvalue weighted by atomic mass is 9.82. The summed E-state index contributed by atoms with van der Waals surface area (Å²) in [5.74, 6) is 1.85. The van der Waals surface area contributed by atoms with Crippen LogP contribution in [-0.2, 0) is 11.3 Å². The molecule has 0 aromatic heterocycles. The zero-order valence-electron chi connectivity index (χ0n) is 11.0. The normalized spacial score (nSPS) is 26.9. The van der Waals surface area contributed by atoms with Crippen molar-refractivity contribution < 1.29 is 4.74 Å². The fraction of sp³-hybridized carbons (Fsp3) is 0.625. The zero-order chi connectivity index (χ0) is 12.2. The van der Waals surface area contributed by atoms with Crippen LogP contribution in [0.3, 0.4) is 0 Å². The van der Waals surface area contributed by atoms with E-state index in [1.165, 1.54) is 44.3 Å². The average Bonchev–Trinajstić information content (AvgIpc) is 3.16. The summed E-state index contributed by atoms with van der Waals surface area (Å²) >= 11 is 0. The molecule has 0 bridgehead atoms. The fourth-order valence-electron chi connectivity index (χ4n) is 2.58. The van der Waals surface area contributed by atoms with Crippen molar-refractivity contribution in [3.05, 3.63) is 35.9 Å². The first-order valence-electron chi connectivity index (χ1n) is 7.26. The Morgan fingerprint density at radius 2 is 1.72 bits per heavy atom. The van der Waals surface area contributed by atoms with E-state index < -0.39 is 0 Å². The monoisotopic (exact) mass is 245 g/mol. The lowest BCUT2D eigenvalue weighted by Crippen LogP contribution is -2.38. The van der Waals surface area contributed by atoms with Gasteiger partial charge in [0.25, 0.3) is 0 Å². The Kier molecular flexibility index (Phi) is 3.96. The molecule has 0 spiro atoms. The Morgan fingerprint density at radius 1 is 1.00 bits per heavy atom. The third-order valence-corrected chi connectivity index (χ3v) is 4.08. The molecule has 0 atom stereocenters. The van der Waals surface area contributed by atoms with Crippen LogP contribution in [0.1, 0.15) is 31.2 Å². The summed E-state index contributed by atoms with van der Waals surface area (Å²) in [5.41, 5.74) is 1.29. The Labute approximate surface area is 110 Å². The van der Waals surface area contributed by atoms with Crippen LogP contribution >= 0.6 is 0 Å². The summed E-state index contributed by atoms with van der Waals surface area (Å²) in [6.07, 6.45) is 5.87. The van der Waals surface area contributed by atoms with Crippen molar-refractivity contribution in [2.24, 2.45) is 11.8 Å². The molecule has 18 heavy (non-hydrogen) atoms. The summed E-state index contributed by atoms with van der Waals surface area (Å²) in [6, 6.07) is 10.5. The van der Waals surface area contributed by atoms with Gasteiger partial charge in [-0.3, -0.25) is 0 Å². The molecule has 0 amide bonds. The van der Waals surface area contributed by atoms with Gasteiger partial charge in [0, 0.05) is 0 Å². The first kappa shape index (κ1) is 12.2. The summed E-state index contributed by atoms with van der Waals surface area (Å²) in [7, 11) is 0. The number of nitrogens with one attached hydrogen (secondary N) is 1. The molecule has 1 N–H and O–H groups in total. The maximum Gasteiger partial charge on any atom is 0.0720 e. The van der Waals surface area contributed by atoms with Crippen LogP contribution in [-0.4, -0.2) is 19.2 Å². The highest BCUT2D eigenvalue weighted by molar-refractivity contribution is 5.13. The van der Waals surface area contributed by atoms with E-state index in [9.17, 15) is 0 Å². The summed E-state index contributed by atoms with van der Waals surface area (Å²) < 4.78 is 5.91. The lowest BCUT2D eigenvalue weighted by Gasteiger charge is -2.35. The van der Waals surface area contributed by atoms with Gasteiger partial charge in [0.05, 0.1) is 12.7 Å². The molecule has 1 aromatic rings. The van der Waals surface area contributed by atoms with Crippen molar-refractivity contribution in [3.8, 4) is 0 Å². The largest absolute Gasteiger partial charge is 0.374 e. The standard InChI is InChI=1S/C16H23NO/c1-2-4-14(5-3-1)12-18-16-8-15(9-16)11-17-10-13-6-7-13/h1-5,13,15-17H,6-12H2. The van der Waals surface area contributed by atoms with Gasteiger partial charge in [-0.2, -0.15) is 0 Å². The highest BCUT2D eigenvalue weighted by Crippen LogP contribution is 2.31. The second-order valence-corrected chi connectivity index (χ2v) is 5.86. The molecular weight excluding hydrogens is 222 g/mol. The quantitative estimate of drug-likeness (QED) is 0.797. The van der Waals surface area contributed by atoms with Gasteiger partial charge >= 0.3 is 0 Å². The summed E-state index contributed by atoms with van der Waals surface area (Å²) in [6.45, 7) is 3.21. The van der Waals surface area contributed by atoms with Gasteiger partial charge in [-0.15, -0.1) is 0 Å². The Morgan fingerprint density at radius 3 is 2.44 bits per heavy atom. The van der Waals surface area contributed by atoms with Crippen LogP contribution in [0.4, 0.5) is 0 Å². The van der Waals surface area contributed by atoms with Crippen molar-refractivity contribution in [1.82, 2.24) is 5.32 Å². The number of hydrogen-bond donors (Lipinski definition) is 1. The molecule has 2 aliphatic rings. The van der Waals surface area contributed by atoms with Crippen LogP contribution in [0.5, 0.6) is 0 Å². The Hall–Kier alpha value is -0.860. The van der Waals surface area contributed by atoms with E-state index in [-0.39, 0.29) is 0 Å². The molecule has 2 nitrogen and oxygen atoms in total. The molecule has 0 radical (unpaired) electrons. The van der Waals surface area contributed by atoms with E-state index in [0.29, 0.717) is 6.10 Å². The molecule has 0 heterocycles. The van der Waals surface area contributed by atoms with Crippen molar-refractivity contribution >= 4 is 0 Å². The highest BCUT2D eigenvalue weighted by atomic mass is 16.5. The zero-order valence-corrected chi connectivity index (χ0v) is 11.0. The minimum absolute atomic E-state index is 0.498. The second-order valence-electron chi connectivity index (χ2n) is 5.86. The number of ether oxygens (including phenoxy) is 1. The maximum absolute atomic E-state index is 5.91. The van der Waals surface area contributed by atoms with Gasteiger partial charge in [0.1, 0.15) is 0 Å². The van der Waals surface area contributed by atoms with E-state index in [0.717, 1.165) is 18.4 Å². The topological polar surface area (TPSA) is 21.3 Å². The molecular formula is C16H23NO. The molecule has 0 aliphatic heterocycles. The molecule has 2 fully saturated rings. The molecule has 2 aliphatic carbocycles. The minimum Gasteiger partial charge on any atom is -0.374 e. The second kappa shape index (κ2) is 5.85. The number of rotatable bonds is 7. The summed E-state index contributed by atoms with van der Waals surface area (Å²) in [4.78, 5) is 0. The van der Waals surface area contributed by atoms with Crippen LogP contribution in [0.15, 0.2) is 30.3 Å². The fourth-order valence-corrected chi connectivity index (χ4v) is 2.58. The van der Waals surface area contributed by atoms with Crippen LogP contribution in [0, 0.1) is 11.8 Å². The van der Waals surface area contributed by atoms with Gasteiger partial charge < -0.3 is 10.1 Å². The minimum atomic E-state index is 0.498. The maximum atomic E-state index is 5.91. The molecule has 1 aromatic carbocycles. The SMILES string of the molecule is c1ccc(COC2CC(CNCC3CC3)C2)cc1. The molecule has 0 saturated heterocycles. The first-order chi connectivity index (χ1) is 8.90. The van der Waals surface area contributed by atoms with Crippen molar-refractivity contribution in [3.63, 3.8) is 0 Å². The van der Waals surface area contributed by atoms with Gasteiger partial charge in [-0.1, -0.05) is 30.3 Å². The number of hydrogen-bond acceptors (Lipinski definition) is 2. The third-order valence-electron chi connectivity index (χ3n) is 4.08. The Bertz CT molecular complexity index is 355. The van der Waals surface area contributed by atoms with Crippen LogP contribution in [0.25, 0.3) is 0 Å². The predicted octanol–water partition coefficient (Wildman–Crippen LogP) is 2.98. The van der Waals surface area contributed by atoms with Gasteiger partial charge in [-0.05, 0) is 56.2 Å². The predicted molar refractivity (Wildman–Crippen MR) is 73.3 cm³/mol. The van der Waals surface area contributed by atoms with E-state index in [2.05, 4.69) is 35.6 Å².